The molecule has 2 aliphatic heterocycles. The third-order valence-corrected chi connectivity index (χ3v) is 4.58. The van der Waals surface area contributed by atoms with Crippen LogP contribution in [0, 0.1) is 5.92 Å². The topological polar surface area (TPSA) is 24.5 Å². The van der Waals surface area contributed by atoms with Crippen LogP contribution in [0.1, 0.15) is 39.0 Å². The van der Waals surface area contributed by atoms with E-state index in [1.165, 1.54) is 58.3 Å². The van der Waals surface area contributed by atoms with Gasteiger partial charge >= 0.3 is 0 Å². The monoisotopic (exact) mass is 240 g/mol. The summed E-state index contributed by atoms with van der Waals surface area (Å²) in [6.07, 6.45) is 7.07. The number of ether oxygens (including phenoxy) is 1. The average molecular weight is 240 g/mol. The van der Waals surface area contributed by atoms with E-state index in [9.17, 15) is 0 Å². The maximum Gasteiger partial charge on any atom is 0.0598 e. The van der Waals surface area contributed by atoms with Crippen LogP contribution in [0.2, 0.25) is 0 Å². The van der Waals surface area contributed by atoms with Gasteiger partial charge in [0.15, 0.2) is 0 Å². The first-order valence-electron chi connectivity index (χ1n) is 7.27. The van der Waals surface area contributed by atoms with Crippen LogP contribution in [-0.2, 0) is 4.74 Å². The second kappa shape index (κ2) is 6.72. The van der Waals surface area contributed by atoms with Gasteiger partial charge in [0, 0.05) is 19.7 Å². The van der Waals surface area contributed by atoms with Gasteiger partial charge in [-0.1, -0.05) is 0 Å². The minimum atomic E-state index is 0.500. The molecule has 0 bridgehead atoms. The summed E-state index contributed by atoms with van der Waals surface area (Å²) in [5, 5.41) is 3.44. The van der Waals surface area contributed by atoms with Gasteiger partial charge in [0.05, 0.1) is 6.10 Å². The smallest absolute Gasteiger partial charge is 0.0598 e. The largest absolute Gasteiger partial charge is 0.381 e. The number of rotatable bonds is 4. The van der Waals surface area contributed by atoms with Crippen LogP contribution >= 0.6 is 0 Å². The number of hydrogen-bond acceptors (Lipinski definition) is 3. The zero-order valence-corrected chi connectivity index (χ0v) is 11.5. The minimum absolute atomic E-state index is 0.500. The van der Waals surface area contributed by atoms with E-state index in [0.717, 1.165) is 5.92 Å². The molecule has 2 heterocycles. The molecule has 0 saturated carbocycles. The normalized spacial score (nSPS) is 32.8. The Morgan fingerprint density at radius 1 is 1.24 bits per heavy atom. The Morgan fingerprint density at radius 3 is 2.65 bits per heavy atom. The molecule has 3 nitrogen and oxygen atoms in total. The molecule has 3 heteroatoms. The average Bonchev–Trinajstić information content (AvgIpc) is 2.38. The summed E-state index contributed by atoms with van der Waals surface area (Å²) >= 11 is 0. The molecule has 2 unspecified atom stereocenters. The first-order chi connectivity index (χ1) is 8.29. The molecule has 0 aromatic heterocycles. The van der Waals surface area contributed by atoms with E-state index in [2.05, 4.69) is 17.1 Å². The first kappa shape index (κ1) is 13.3. The van der Waals surface area contributed by atoms with E-state index < -0.39 is 0 Å². The summed E-state index contributed by atoms with van der Waals surface area (Å²) in [5.74, 6) is 0.962. The van der Waals surface area contributed by atoms with E-state index in [0.29, 0.717) is 12.1 Å². The van der Waals surface area contributed by atoms with Gasteiger partial charge in [0.25, 0.3) is 0 Å². The SMILES string of the molecule is COC1CCN(CCC2CCNCC2)C(C)C1. The van der Waals surface area contributed by atoms with Crippen molar-refractivity contribution >= 4 is 0 Å². The molecule has 1 N–H and O–H groups in total. The summed E-state index contributed by atoms with van der Waals surface area (Å²) in [5.41, 5.74) is 0. The quantitative estimate of drug-likeness (QED) is 0.812. The van der Waals surface area contributed by atoms with Gasteiger partial charge in [-0.3, -0.25) is 0 Å². The van der Waals surface area contributed by atoms with E-state index in [1.807, 2.05) is 7.11 Å². The Labute approximate surface area is 106 Å². The Balaban J connectivity index is 1.68. The van der Waals surface area contributed by atoms with Crippen molar-refractivity contribution < 1.29 is 4.74 Å². The van der Waals surface area contributed by atoms with Crippen LogP contribution in [0.5, 0.6) is 0 Å². The van der Waals surface area contributed by atoms with Gasteiger partial charge in [0.1, 0.15) is 0 Å². The fraction of sp³-hybridized carbons (Fsp3) is 1.00. The Kier molecular flexibility index (Phi) is 5.26. The lowest BCUT2D eigenvalue weighted by Gasteiger charge is -2.38. The number of hydrogen-bond donors (Lipinski definition) is 1. The van der Waals surface area contributed by atoms with Gasteiger partial charge in [0.2, 0.25) is 0 Å². The molecule has 2 atom stereocenters. The summed E-state index contributed by atoms with van der Waals surface area (Å²) in [6.45, 7) is 7.33. The van der Waals surface area contributed by atoms with E-state index in [-0.39, 0.29) is 0 Å². The number of piperidine rings is 2. The zero-order chi connectivity index (χ0) is 12.1. The number of nitrogens with one attached hydrogen (secondary N) is 1. The highest BCUT2D eigenvalue weighted by molar-refractivity contribution is 4.80. The summed E-state index contributed by atoms with van der Waals surface area (Å²) < 4.78 is 5.47. The Hall–Kier alpha value is -0.120. The molecule has 2 aliphatic rings. The van der Waals surface area contributed by atoms with Crippen molar-refractivity contribution in [2.75, 3.05) is 33.3 Å². The molecule has 0 amide bonds. The fourth-order valence-corrected chi connectivity index (χ4v) is 3.24. The molecule has 0 aromatic rings. The third kappa shape index (κ3) is 3.94. The number of likely N-dealkylation sites (tertiary alicyclic amines) is 1. The number of nitrogens with zero attached hydrogens (tertiary/aromatic N) is 1. The molecular weight excluding hydrogens is 212 g/mol. The second-order valence-electron chi connectivity index (χ2n) is 5.75. The zero-order valence-electron chi connectivity index (χ0n) is 11.5. The third-order valence-electron chi connectivity index (χ3n) is 4.58. The van der Waals surface area contributed by atoms with Crippen molar-refractivity contribution in [3.63, 3.8) is 0 Å². The predicted octanol–water partition coefficient (Wildman–Crippen LogP) is 1.88. The second-order valence-corrected chi connectivity index (χ2v) is 5.75. The van der Waals surface area contributed by atoms with Crippen LogP contribution in [0.15, 0.2) is 0 Å². The van der Waals surface area contributed by atoms with Crippen LogP contribution in [0.4, 0.5) is 0 Å². The summed E-state index contributed by atoms with van der Waals surface area (Å²) in [7, 11) is 1.85. The van der Waals surface area contributed by atoms with E-state index >= 15 is 0 Å². The van der Waals surface area contributed by atoms with Crippen molar-refractivity contribution in [1.82, 2.24) is 10.2 Å². The van der Waals surface area contributed by atoms with Crippen molar-refractivity contribution in [1.29, 1.82) is 0 Å². The van der Waals surface area contributed by atoms with Crippen LogP contribution in [0.3, 0.4) is 0 Å². The molecule has 0 aromatic carbocycles. The Morgan fingerprint density at radius 2 is 2.00 bits per heavy atom. The molecule has 0 radical (unpaired) electrons. The molecule has 17 heavy (non-hydrogen) atoms. The summed E-state index contributed by atoms with van der Waals surface area (Å²) in [6, 6.07) is 0.704. The van der Waals surface area contributed by atoms with Crippen molar-refractivity contribution in [2.45, 2.75) is 51.2 Å². The van der Waals surface area contributed by atoms with Gasteiger partial charge in [-0.15, -0.1) is 0 Å². The standard InChI is InChI=1S/C14H28N2O/c1-12-11-14(17-2)6-10-16(12)9-5-13-3-7-15-8-4-13/h12-15H,3-11H2,1-2H3. The lowest BCUT2D eigenvalue weighted by molar-refractivity contribution is 0.0138. The van der Waals surface area contributed by atoms with E-state index in [4.69, 9.17) is 4.74 Å². The maximum absolute atomic E-state index is 5.47. The van der Waals surface area contributed by atoms with E-state index in [1.54, 1.807) is 0 Å². The minimum Gasteiger partial charge on any atom is -0.381 e. The summed E-state index contributed by atoms with van der Waals surface area (Å²) in [4.78, 5) is 2.66. The van der Waals surface area contributed by atoms with Gasteiger partial charge in [-0.05, 0) is 64.6 Å². The highest BCUT2D eigenvalue weighted by Crippen LogP contribution is 2.22. The van der Waals surface area contributed by atoms with Gasteiger partial charge in [-0.2, -0.15) is 0 Å². The molecule has 0 aliphatic carbocycles. The maximum atomic E-state index is 5.47. The predicted molar refractivity (Wildman–Crippen MR) is 71.3 cm³/mol. The van der Waals surface area contributed by atoms with Gasteiger partial charge < -0.3 is 15.0 Å². The molecule has 2 saturated heterocycles. The van der Waals surface area contributed by atoms with Gasteiger partial charge in [-0.25, -0.2) is 0 Å². The molecule has 2 rings (SSSR count). The van der Waals surface area contributed by atoms with Crippen LogP contribution < -0.4 is 5.32 Å². The van der Waals surface area contributed by atoms with Crippen molar-refractivity contribution in [2.24, 2.45) is 5.92 Å². The molecule has 100 valence electrons. The lowest BCUT2D eigenvalue weighted by Crippen LogP contribution is -2.44. The molecule has 0 spiro atoms. The fourth-order valence-electron chi connectivity index (χ4n) is 3.24. The lowest BCUT2D eigenvalue weighted by atomic mass is 9.93. The molecular formula is C14H28N2O. The van der Waals surface area contributed by atoms with Crippen LogP contribution in [0.25, 0.3) is 0 Å². The first-order valence-corrected chi connectivity index (χ1v) is 7.27. The number of methoxy groups -OCH3 is 1. The van der Waals surface area contributed by atoms with Crippen LogP contribution in [-0.4, -0.2) is 50.3 Å². The Bertz CT molecular complexity index is 216. The molecule has 2 fully saturated rings. The highest BCUT2D eigenvalue weighted by Gasteiger charge is 2.25. The van der Waals surface area contributed by atoms with Crippen molar-refractivity contribution in [3.8, 4) is 0 Å². The highest BCUT2D eigenvalue weighted by atomic mass is 16.5. The van der Waals surface area contributed by atoms with Crippen molar-refractivity contribution in [3.05, 3.63) is 0 Å².